The second-order valence-electron chi connectivity index (χ2n) is 6.90. The quantitative estimate of drug-likeness (QED) is 0.764. The van der Waals surface area contributed by atoms with Gasteiger partial charge in [0.15, 0.2) is 11.5 Å². The highest BCUT2D eigenvalue weighted by atomic mass is 32.2. The van der Waals surface area contributed by atoms with E-state index in [9.17, 15) is 13.2 Å². The number of sulfonamides is 1. The normalized spacial score (nSPS) is 17.2. The minimum atomic E-state index is -3.50. The first-order chi connectivity index (χ1) is 12.9. The zero-order valence-electron chi connectivity index (χ0n) is 15.6. The van der Waals surface area contributed by atoms with Gasteiger partial charge in [-0.25, -0.2) is 13.2 Å². The molecule has 0 saturated heterocycles. The lowest BCUT2D eigenvalue weighted by Crippen LogP contribution is -2.45. The zero-order chi connectivity index (χ0) is 19.3. The van der Waals surface area contributed by atoms with Crippen molar-refractivity contribution in [2.24, 2.45) is 0 Å². The molecule has 1 fully saturated rings. The van der Waals surface area contributed by atoms with E-state index in [4.69, 9.17) is 9.47 Å². The zero-order valence-corrected chi connectivity index (χ0v) is 16.4. The first-order valence-corrected chi connectivity index (χ1v) is 11.2. The van der Waals surface area contributed by atoms with E-state index in [1.807, 2.05) is 0 Å². The second kappa shape index (κ2) is 8.69. The minimum Gasteiger partial charge on any atom is -0.486 e. The molecular formula is C18H27N3O5S. The maximum absolute atomic E-state index is 12.2. The van der Waals surface area contributed by atoms with E-state index in [1.54, 1.807) is 18.2 Å². The lowest BCUT2D eigenvalue weighted by molar-refractivity contribution is 0.171. The number of benzene rings is 1. The molecule has 0 radical (unpaired) electrons. The molecule has 0 unspecified atom stereocenters. The predicted molar refractivity (Wildman–Crippen MR) is 103 cm³/mol. The molecule has 0 aromatic heterocycles. The van der Waals surface area contributed by atoms with Crippen molar-refractivity contribution >= 4 is 21.7 Å². The lowest BCUT2D eigenvalue weighted by atomic mass is 9.96. The third-order valence-corrected chi connectivity index (χ3v) is 5.95. The summed E-state index contributed by atoms with van der Waals surface area (Å²) in [6.45, 7) is 1.25. The molecule has 3 rings (SSSR count). The molecule has 1 aliphatic carbocycles. The number of carbonyl (C=O) groups is 1. The molecule has 0 atom stereocenters. The van der Waals surface area contributed by atoms with Gasteiger partial charge in [0.2, 0.25) is 10.0 Å². The van der Waals surface area contributed by atoms with Crippen LogP contribution in [0.5, 0.6) is 11.5 Å². The minimum absolute atomic E-state index is 0.135. The molecule has 1 aliphatic heterocycles. The van der Waals surface area contributed by atoms with Gasteiger partial charge in [-0.3, -0.25) is 4.31 Å². The molecule has 8 nitrogen and oxygen atoms in total. The average molecular weight is 397 g/mol. The standard InChI is InChI=1S/C18H27N3O5S/c1-27(23,24)21(15-7-8-16-17(13-15)26-12-11-25-16)10-9-19-18(22)20-14-5-3-2-4-6-14/h7-8,13-14H,2-6,9-12H2,1H3,(H2,19,20,22). The van der Waals surface area contributed by atoms with Crippen molar-refractivity contribution in [3.8, 4) is 11.5 Å². The van der Waals surface area contributed by atoms with Gasteiger partial charge in [-0.15, -0.1) is 0 Å². The Labute approximate surface area is 160 Å². The summed E-state index contributed by atoms with van der Waals surface area (Å²) in [5.74, 6) is 1.12. The van der Waals surface area contributed by atoms with Gasteiger partial charge in [-0.1, -0.05) is 19.3 Å². The summed E-state index contributed by atoms with van der Waals surface area (Å²) in [5.41, 5.74) is 0.483. The van der Waals surface area contributed by atoms with Crippen LogP contribution in [0.1, 0.15) is 32.1 Å². The van der Waals surface area contributed by atoms with Crippen molar-refractivity contribution in [2.75, 3.05) is 36.9 Å². The Kier molecular flexibility index (Phi) is 6.30. The summed E-state index contributed by atoms with van der Waals surface area (Å²) in [6, 6.07) is 4.99. The van der Waals surface area contributed by atoms with Crippen molar-refractivity contribution in [1.82, 2.24) is 10.6 Å². The Morgan fingerprint density at radius 3 is 2.56 bits per heavy atom. The average Bonchev–Trinajstić information content (AvgIpc) is 2.65. The van der Waals surface area contributed by atoms with E-state index in [2.05, 4.69) is 10.6 Å². The molecule has 1 aromatic rings. The second-order valence-corrected chi connectivity index (χ2v) is 8.81. The fourth-order valence-corrected chi connectivity index (χ4v) is 4.35. The Balaban J connectivity index is 1.58. The van der Waals surface area contributed by atoms with Crippen molar-refractivity contribution in [3.05, 3.63) is 18.2 Å². The molecule has 27 heavy (non-hydrogen) atoms. The van der Waals surface area contributed by atoms with Gasteiger partial charge in [0, 0.05) is 18.7 Å². The number of urea groups is 1. The molecule has 1 heterocycles. The monoisotopic (exact) mass is 397 g/mol. The lowest BCUT2D eigenvalue weighted by Gasteiger charge is -2.26. The third-order valence-electron chi connectivity index (χ3n) is 4.75. The first kappa shape index (κ1) is 19.6. The molecular weight excluding hydrogens is 370 g/mol. The van der Waals surface area contributed by atoms with Crippen LogP contribution >= 0.6 is 0 Å². The van der Waals surface area contributed by atoms with Crippen LogP contribution in [0.4, 0.5) is 10.5 Å². The smallest absolute Gasteiger partial charge is 0.315 e. The maximum Gasteiger partial charge on any atom is 0.315 e. The third kappa shape index (κ3) is 5.41. The number of hydrogen-bond acceptors (Lipinski definition) is 5. The van der Waals surface area contributed by atoms with Gasteiger partial charge < -0.3 is 20.1 Å². The van der Waals surface area contributed by atoms with Crippen molar-refractivity contribution in [3.63, 3.8) is 0 Å². The molecule has 0 bridgehead atoms. The molecule has 1 saturated carbocycles. The highest BCUT2D eigenvalue weighted by Gasteiger charge is 2.21. The van der Waals surface area contributed by atoms with Gasteiger partial charge in [0.25, 0.3) is 0 Å². The first-order valence-electron chi connectivity index (χ1n) is 9.35. The Bertz CT molecular complexity index is 762. The number of anilines is 1. The summed E-state index contributed by atoms with van der Waals surface area (Å²) in [6.07, 6.45) is 6.64. The van der Waals surface area contributed by atoms with Crippen LogP contribution < -0.4 is 24.4 Å². The summed E-state index contributed by atoms with van der Waals surface area (Å²) in [5, 5.41) is 5.71. The van der Waals surface area contributed by atoms with Gasteiger partial charge >= 0.3 is 6.03 Å². The summed E-state index contributed by atoms with van der Waals surface area (Å²) in [7, 11) is -3.50. The van der Waals surface area contributed by atoms with E-state index in [0.29, 0.717) is 30.4 Å². The van der Waals surface area contributed by atoms with Crippen LogP contribution in [0, 0.1) is 0 Å². The van der Waals surface area contributed by atoms with Gasteiger partial charge in [0.05, 0.1) is 18.5 Å². The number of carbonyl (C=O) groups excluding carboxylic acids is 1. The van der Waals surface area contributed by atoms with E-state index in [-0.39, 0.29) is 25.2 Å². The number of nitrogens with zero attached hydrogens (tertiary/aromatic N) is 1. The molecule has 2 N–H and O–H groups in total. The fourth-order valence-electron chi connectivity index (χ4n) is 3.43. The Morgan fingerprint density at radius 2 is 1.85 bits per heavy atom. The predicted octanol–water partition coefficient (Wildman–Crippen LogP) is 1.86. The van der Waals surface area contributed by atoms with E-state index in [0.717, 1.165) is 31.9 Å². The van der Waals surface area contributed by atoms with Crippen molar-refractivity contribution in [1.29, 1.82) is 0 Å². The van der Waals surface area contributed by atoms with Crippen LogP contribution in [0.2, 0.25) is 0 Å². The van der Waals surface area contributed by atoms with Crippen molar-refractivity contribution < 1.29 is 22.7 Å². The number of ether oxygens (including phenoxy) is 2. The van der Waals surface area contributed by atoms with Crippen molar-refractivity contribution in [2.45, 2.75) is 38.1 Å². The molecule has 1 aromatic carbocycles. The molecule has 2 aliphatic rings. The summed E-state index contributed by atoms with van der Waals surface area (Å²) < 4.78 is 36.7. The highest BCUT2D eigenvalue weighted by molar-refractivity contribution is 7.92. The molecule has 9 heteroatoms. The van der Waals surface area contributed by atoms with E-state index < -0.39 is 10.0 Å². The topological polar surface area (TPSA) is 97.0 Å². The fraction of sp³-hybridized carbons (Fsp3) is 0.611. The van der Waals surface area contributed by atoms with Crippen LogP contribution in [0.25, 0.3) is 0 Å². The van der Waals surface area contributed by atoms with Gasteiger partial charge in [-0.05, 0) is 25.0 Å². The largest absolute Gasteiger partial charge is 0.486 e. The number of amides is 2. The highest BCUT2D eigenvalue weighted by Crippen LogP contribution is 2.34. The van der Waals surface area contributed by atoms with E-state index >= 15 is 0 Å². The molecule has 2 amide bonds. The van der Waals surface area contributed by atoms with Gasteiger partial charge in [-0.2, -0.15) is 0 Å². The SMILES string of the molecule is CS(=O)(=O)N(CCNC(=O)NC1CCCCC1)c1ccc2c(c1)OCCO2. The summed E-state index contributed by atoms with van der Waals surface area (Å²) >= 11 is 0. The Hall–Kier alpha value is -2.16. The van der Waals surface area contributed by atoms with Crippen LogP contribution in [-0.4, -0.2) is 53.0 Å². The molecule has 150 valence electrons. The van der Waals surface area contributed by atoms with Crippen LogP contribution in [0.15, 0.2) is 18.2 Å². The maximum atomic E-state index is 12.2. The van der Waals surface area contributed by atoms with E-state index in [1.165, 1.54) is 10.7 Å². The number of fused-ring (bicyclic) bond motifs is 1. The molecule has 0 spiro atoms. The van der Waals surface area contributed by atoms with Crippen LogP contribution in [0.3, 0.4) is 0 Å². The van der Waals surface area contributed by atoms with Gasteiger partial charge in [0.1, 0.15) is 13.2 Å². The number of nitrogens with one attached hydrogen (secondary N) is 2. The number of rotatable bonds is 6. The Morgan fingerprint density at radius 1 is 1.15 bits per heavy atom. The van der Waals surface area contributed by atoms with Crippen LogP contribution in [-0.2, 0) is 10.0 Å². The number of hydrogen-bond donors (Lipinski definition) is 2. The summed E-state index contributed by atoms with van der Waals surface area (Å²) in [4.78, 5) is 12.0.